The van der Waals surface area contributed by atoms with Crippen molar-refractivity contribution in [1.82, 2.24) is 4.90 Å². The monoisotopic (exact) mass is 233 g/mol. The third-order valence-corrected chi connectivity index (χ3v) is 3.36. The van der Waals surface area contributed by atoms with Gasteiger partial charge in [0.1, 0.15) is 6.04 Å². The van der Waals surface area contributed by atoms with Crippen molar-refractivity contribution in [1.29, 1.82) is 0 Å². The highest BCUT2D eigenvalue weighted by molar-refractivity contribution is 5.75. The molecule has 1 aliphatic rings. The average molecular weight is 233 g/mol. The molecule has 1 fully saturated rings. The van der Waals surface area contributed by atoms with Gasteiger partial charge >= 0.3 is 5.97 Å². The summed E-state index contributed by atoms with van der Waals surface area (Å²) in [7, 11) is 0. The highest BCUT2D eigenvalue weighted by atomic mass is 16.4. The van der Waals surface area contributed by atoms with Crippen LogP contribution in [0.4, 0.5) is 0 Å². The van der Waals surface area contributed by atoms with Gasteiger partial charge in [0, 0.05) is 0 Å². The quantitative estimate of drug-likeness (QED) is 0.872. The number of nitrogens with zero attached hydrogens (tertiary/aromatic N) is 1. The minimum atomic E-state index is -0.738. The van der Waals surface area contributed by atoms with Gasteiger partial charge in [-0.05, 0) is 31.5 Å². The van der Waals surface area contributed by atoms with Crippen molar-refractivity contribution < 1.29 is 9.90 Å². The van der Waals surface area contributed by atoms with E-state index in [1.807, 2.05) is 30.3 Å². The van der Waals surface area contributed by atoms with E-state index in [1.54, 1.807) is 0 Å². The van der Waals surface area contributed by atoms with Gasteiger partial charge in [-0.1, -0.05) is 43.2 Å². The number of carbonyl (C=O) groups is 1. The van der Waals surface area contributed by atoms with Gasteiger partial charge in [-0.3, -0.25) is 9.69 Å². The SMILES string of the molecule is O=C(O)[C@@H](c1ccccc1)N1CCCCCC1. The Labute approximate surface area is 102 Å². The maximum absolute atomic E-state index is 11.5. The van der Waals surface area contributed by atoms with Crippen LogP contribution >= 0.6 is 0 Å². The van der Waals surface area contributed by atoms with Gasteiger partial charge in [0.25, 0.3) is 0 Å². The number of rotatable bonds is 3. The fraction of sp³-hybridized carbons (Fsp3) is 0.500. The topological polar surface area (TPSA) is 40.5 Å². The van der Waals surface area contributed by atoms with Crippen LogP contribution in [0.3, 0.4) is 0 Å². The molecule has 1 heterocycles. The van der Waals surface area contributed by atoms with Crippen LogP contribution in [0.1, 0.15) is 37.3 Å². The van der Waals surface area contributed by atoms with Crippen LogP contribution in [0.25, 0.3) is 0 Å². The van der Waals surface area contributed by atoms with E-state index in [0.717, 1.165) is 31.5 Å². The number of aliphatic carboxylic acids is 1. The van der Waals surface area contributed by atoms with Crippen LogP contribution in [0.2, 0.25) is 0 Å². The zero-order chi connectivity index (χ0) is 12.1. The summed E-state index contributed by atoms with van der Waals surface area (Å²) in [5, 5.41) is 9.43. The molecule has 1 atom stereocenters. The van der Waals surface area contributed by atoms with Gasteiger partial charge in [0.15, 0.2) is 0 Å². The maximum atomic E-state index is 11.5. The fourth-order valence-electron chi connectivity index (χ4n) is 2.50. The summed E-state index contributed by atoms with van der Waals surface area (Å²) >= 11 is 0. The lowest BCUT2D eigenvalue weighted by Gasteiger charge is -2.27. The summed E-state index contributed by atoms with van der Waals surface area (Å²) in [6.45, 7) is 1.79. The predicted octanol–water partition coefficient (Wildman–Crippen LogP) is 2.69. The Morgan fingerprint density at radius 3 is 2.18 bits per heavy atom. The lowest BCUT2D eigenvalue weighted by Crippen LogP contribution is -2.34. The molecule has 0 unspecified atom stereocenters. The number of carboxylic acid groups (broad SMARTS) is 1. The van der Waals surface area contributed by atoms with E-state index in [4.69, 9.17) is 0 Å². The molecule has 1 saturated heterocycles. The summed E-state index contributed by atoms with van der Waals surface area (Å²) in [4.78, 5) is 13.6. The number of benzene rings is 1. The molecule has 0 spiro atoms. The number of likely N-dealkylation sites (tertiary alicyclic amines) is 1. The van der Waals surface area contributed by atoms with Gasteiger partial charge in [-0.25, -0.2) is 0 Å². The van der Waals surface area contributed by atoms with Crippen molar-refractivity contribution in [2.75, 3.05) is 13.1 Å². The van der Waals surface area contributed by atoms with Crippen molar-refractivity contribution >= 4 is 5.97 Å². The molecule has 2 rings (SSSR count). The standard InChI is InChI=1S/C14H19NO2/c16-14(17)13(12-8-4-3-5-9-12)15-10-6-1-2-7-11-15/h3-5,8-9,13H,1-2,6-7,10-11H2,(H,16,17)/t13-/m1/s1. The summed E-state index contributed by atoms with van der Waals surface area (Å²) in [6, 6.07) is 9.07. The molecule has 3 heteroatoms. The smallest absolute Gasteiger partial charge is 0.325 e. The van der Waals surface area contributed by atoms with Gasteiger partial charge < -0.3 is 5.11 Å². The average Bonchev–Trinajstić information content (AvgIpc) is 2.59. The van der Waals surface area contributed by atoms with Crippen LogP contribution in [0, 0.1) is 0 Å². The lowest BCUT2D eigenvalue weighted by molar-refractivity contribution is -0.143. The van der Waals surface area contributed by atoms with Crippen molar-refractivity contribution in [3.05, 3.63) is 35.9 Å². The van der Waals surface area contributed by atoms with E-state index in [-0.39, 0.29) is 0 Å². The molecule has 0 bridgehead atoms. The molecule has 17 heavy (non-hydrogen) atoms. The molecular formula is C14H19NO2. The normalized spacial score (nSPS) is 19.5. The molecular weight excluding hydrogens is 214 g/mol. The molecule has 0 aromatic heterocycles. The van der Waals surface area contributed by atoms with Crippen molar-refractivity contribution in [2.45, 2.75) is 31.7 Å². The van der Waals surface area contributed by atoms with E-state index in [0.29, 0.717) is 0 Å². The second-order valence-electron chi connectivity index (χ2n) is 4.60. The Kier molecular flexibility index (Phi) is 4.15. The maximum Gasteiger partial charge on any atom is 0.325 e. The Bertz CT molecular complexity index is 356. The first-order chi connectivity index (χ1) is 8.29. The lowest BCUT2D eigenvalue weighted by atomic mass is 10.1. The highest BCUT2D eigenvalue weighted by Crippen LogP contribution is 2.24. The largest absolute Gasteiger partial charge is 0.480 e. The summed E-state index contributed by atoms with van der Waals surface area (Å²) in [6.07, 6.45) is 4.66. The molecule has 92 valence electrons. The van der Waals surface area contributed by atoms with Crippen LogP contribution in [0.5, 0.6) is 0 Å². The van der Waals surface area contributed by atoms with E-state index < -0.39 is 12.0 Å². The Morgan fingerprint density at radius 2 is 1.65 bits per heavy atom. The first kappa shape index (κ1) is 12.1. The van der Waals surface area contributed by atoms with E-state index in [2.05, 4.69) is 4.90 Å². The van der Waals surface area contributed by atoms with Crippen molar-refractivity contribution in [3.63, 3.8) is 0 Å². The number of hydrogen-bond acceptors (Lipinski definition) is 2. The first-order valence-electron chi connectivity index (χ1n) is 6.31. The molecule has 1 aliphatic heterocycles. The molecule has 1 aromatic carbocycles. The van der Waals surface area contributed by atoms with E-state index in [9.17, 15) is 9.90 Å². The molecule has 0 radical (unpaired) electrons. The molecule has 1 N–H and O–H groups in total. The second-order valence-corrected chi connectivity index (χ2v) is 4.60. The predicted molar refractivity (Wildman–Crippen MR) is 66.9 cm³/mol. The number of carboxylic acids is 1. The summed E-state index contributed by atoms with van der Waals surface area (Å²) < 4.78 is 0. The molecule has 1 aromatic rings. The fourth-order valence-corrected chi connectivity index (χ4v) is 2.50. The Morgan fingerprint density at radius 1 is 1.06 bits per heavy atom. The van der Waals surface area contributed by atoms with Crippen molar-refractivity contribution in [2.24, 2.45) is 0 Å². The number of hydrogen-bond donors (Lipinski definition) is 1. The minimum Gasteiger partial charge on any atom is -0.480 e. The van der Waals surface area contributed by atoms with Gasteiger partial charge in [-0.2, -0.15) is 0 Å². The van der Waals surface area contributed by atoms with Gasteiger partial charge in [0.2, 0.25) is 0 Å². The summed E-state index contributed by atoms with van der Waals surface area (Å²) in [5.74, 6) is -0.738. The van der Waals surface area contributed by atoms with Crippen LogP contribution < -0.4 is 0 Å². The zero-order valence-electron chi connectivity index (χ0n) is 10.0. The second kappa shape index (κ2) is 5.82. The highest BCUT2D eigenvalue weighted by Gasteiger charge is 2.27. The summed E-state index contributed by atoms with van der Waals surface area (Å²) in [5.41, 5.74) is 0.891. The third kappa shape index (κ3) is 3.07. The molecule has 0 amide bonds. The molecule has 3 nitrogen and oxygen atoms in total. The van der Waals surface area contributed by atoms with E-state index >= 15 is 0 Å². The van der Waals surface area contributed by atoms with Gasteiger partial charge in [0.05, 0.1) is 0 Å². The Balaban J connectivity index is 2.19. The molecule has 0 aliphatic carbocycles. The van der Waals surface area contributed by atoms with Crippen LogP contribution in [-0.4, -0.2) is 29.1 Å². The molecule has 0 saturated carbocycles. The third-order valence-electron chi connectivity index (χ3n) is 3.36. The van der Waals surface area contributed by atoms with Crippen LogP contribution in [-0.2, 0) is 4.79 Å². The minimum absolute atomic E-state index is 0.478. The van der Waals surface area contributed by atoms with Gasteiger partial charge in [-0.15, -0.1) is 0 Å². The van der Waals surface area contributed by atoms with E-state index in [1.165, 1.54) is 12.8 Å². The van der Waals surface area contributed by atoms with Crippen molar-refractivity contribution in [3.8, 4) is 0 Å². The zero-order valence-corrected chi connectivity index (χ0v) is 10.0. The first-order valence-corrected chi connectivity index (χ1v) is 6.31. The Hall–Kier alpha value is -1.35. The van der Waals surface area contributed by atoms with Crippen LogP contribution in [0.15, 0.2) is 30.3 Å².